The van der Waals surface area contributed by atoms with Crippen molar-refractivity contribution >= 4 is 23.6 Å². The minimum absolute atomic E-state index is 0.204. The maximum atomic E-state index is 12.1. The van der Waals surface area contributed by atoms with Gasteiger partial charge in [-0.3, -0.25) is 4.79 Å². The molecule has 0 unspecified atom stereocenters. The second kappa shape index (κ2) is 7.33. The van der Waals surface area contributed by atoms with Gasteiger partial charge in [0, 0.05) is 25.3 Å². The Bertz CT molecular complexity index is 465. The molecule has 0 atom stereocenters. The third-order valence-corrected chi connectivity index (χ3v) is 4.45. The van der Waals surface area contributed by atoms with Crippen LogP contribution in [0.3, 0.4) is 0 Å². The molecule has 1 aliphatic heterocycles. The minimum Gasteiger partial charge on any atom is -0.478 e. The minimum atomic E-state index is -0.922. The largest absolute Gasteiger partial charge is 0.478 e. The van der Waals surface area contributed by atoms with Crippen molar-refractivity contribution in [3.63, 3.8) is 0 Å². The van der Waals surface area contributed by atoms with Gasteiger partial charge in [-0.05, 0) is 36.3 Å². The fourth-order valence-corrected chi connectivity index (χ4v) is 3.11. The number of nitrogens with zero attached hydrogens (tertiary/aromatic N) is 1. The first-order valence-corrected chi connectivity index (χ1v) is 8.00. The van der Waals surface area contributed by atoms with E-state index in [0.717, 1.165) is 36.6 Å². The van der Waals surface area contributed by atoms with Crippen molar-refractivity contribution in [2.75, 3.05) is 24.6 Å². The topological polar surface area (TPSA) is 57.6 Å². The summed E-state index contributed by atoms with van der Waals surface area (Å²) in [5.74, 6) is 1.45. The van der Waals surface area contributed by atoms with Gasteiger partial charge in [0.05, 0.1) is 5.56 Å². The fraction of sp³-hybridized carbons (Fsp3) is 0.467. The molecule has 5 heteroatoms. The number of aromatic carboxylic acids is 1. The number of amides is 1. The number of hydrogen-bond acceptors (Lipinski definition) is 3. The number of carbonyl (C=O) groups is 2. The number of carboxylic acid groups (broad SMARTS) is 1. The Morgan fingerprint density at radius 1 is 1.15 bits per heavy atom. The summed E-state index contributed by atoms with van der Waals surface area (Å²) in [6.45, 7) is 1.71. The summed E-state index contributed by atoms with van der Waals surface area (Å²) in [5.41, 5.74) is 1.29. The lowest BCUT2D eigenvalue weighted by Crippen LogP contribution is -2.33. The van der Waals surface area contributed by atoms with Crippen molar-refractivity contribution in [1.82, 2.24) is 4.90 Å². The van der Waals surface area contributed by atoms with E-state index in [2.05, 4.69) is 0 Å². The molecule has 1 amide bonds. The quantitative estimate of drug-likeness (QED) is 0.925. The van der Waals surface area contributed by atoms with Crippen LogP contribution >= 0.6 is 11.8 Å². The molecule has 1 aromatic carbocycles. The summed E-state index contributed by atoms with van der Waals surface area (Å²) in [6, 6.07) is 6.75. The summed E-state index contributed by atoms with van der Waals surface area (Å²) in [4.78, 5) is 24.8. The Kier molecular flexibility index (Phi) is 5.47. The highest BCUT2D eigenvalue weighted by Gasteiger charge is 2.15. The zero-order valence-electron chi connectivity index (χ0n) is 11.4. The molecule has 0 aliphatic carbocycles. The van der Waals surface area contributed by atoms with E-state index in [9.17, 15) is 9.59 Å². The molecule has 1 fully saturated rings. The lowest BCUT2D eigenvalue weighted by atomic mass is 10.1. The number of carbonyl (C=O) groups excluding carboxylic acids is 1. The van der Waals surface area contributed by atoms with E-state index in [0.29, 0.717) is 12.8 Å². The van der Waals surface area contributed by atoms with Gasteiger partial charge in [0.2, 0.25) is 5.91 Å². The zero-order valence-corrected chi connectivity index (χ0v) is 12.2. The molecule has 108 valence electrons. The molecule has 20 heavy (non-hydrogen) atoms. The van der Waals surface area contributed by atoms with E-state index in [4.69, 9.17) is 5.11 Å². The summed E-state index contributed by atoms with van der Waals surface area (Å²) in [6.07, 6.45) is 2.24. The molecule has 0 bridgehead atoms. The standard InChI is InChI=1S/C15H19NO3S/c17-14(16-8-1-10-20-11-9-16)7-4-12-2-5-13(6-3-12)15(18)19/h2-3,5-6H,1,4,7-11H2,(H,18,19). The number of hydrogen-bond donors (Lipinski definition) is 1. The maximum absolute atomic E-state index is 12.1. The average molecular weight is 293 g/mol. The van der Waals surface area contributed by atoms with E-state index in [-0.39, 0.29) is 11.5 Å². The molecular formula is C15H19NO3S. The molecule has 1 aromatic rings. The van der Waals surface area contributed by atoms with Gasteiger partial charge in [0.15, 0.2) is 0 Å². The molecule has 0 spiro atoms. The van der Waals surface area contributed by atoms with Gasteiger partial charge in [-0.15, -0.1) is 0 Å². The van der Waals surface area contributed by atoms with Gasteiger partial charge in [-0.25, -0.2) is 4.79 Å². The number of thioether (sulfide) groups is 1. The van der Waals surface area contributed by atoms with Crippen LogP contribution in [0.25, 0.3) is 0 Å². The predicted molar refractivity (Wildman–Crippen MR) is 80.2 cm³/mol. The van der Waals surface area contributed by atoms with Crippen LogP contribution in [-0.4, -0.2) is 46.5 Å². The highest BCUT2D eigenvalue weighted by molar-refractivity contribution is 7.99. The highest BCUT2D eigenvalue weighted by atomic mass is 32.2. The molecule has 1 N–H and O–H groups in total. The van der Waals surface area contributed by atoms with Gasteiger partial charge in [0.1, 0.15) is 0 Å². The first kappa shape index (κ1) is 14.9. The lowest BCUT2D eigenvalue weighted by molar-refractivity contribution is -0.130. The number of benzene rings is 1. The second-order valence-electron chi connectivity index (χ2n) is 4.85. The summed E-state index contributed by atoms with van der Waals surface area (Å²) >= 11 is 1.91. The summed E-state index contributed by atoms with van der Waals surface area (Å²) in [7, 11) is 0. The van der Waals surface area contributed by atoms with Gasteiger partial charge in [-0.2, -0.15) is 11.8 Å². The number of aryl methyl sites for hydroxylation is 1. The Morgan fingerprint density at radius 2 is 1.90 bits per heavy atom. The monoisotopic (exact) mass is 293 g/mol. The molecule has 2 rings (SSSR count). The van der Waals surface area contributed by atoms with Crippen molar-refractivity contribution in [2.45, 2.75) is 19.3 Å². The number of rotatable bonds is 4. The van der Waals surface area contributed by atoms with E-state index in [1.165, 1.54) is 0 Å². The third kappa shape index (κ3) is 4.27. The fourth-order valence-electron chi connectivity index (χ4n) is 2.22. The van der Waals surface area contributed by atoms with E-state index in [1.54, 1.807) is 24.3 Å². The molecule has 0 aromatic heterocycles. The highest BCUT2D eigenvalue weighted by Crippen LogP contribution is 2.12. The average Bonchev–Trinajstić information content (AvgIpc) is 2.74. The van der Waals surface area contributed by atoms with Gasteiger partial charge < -0.3 is 10.0 Å². The normalized spacial score (nSPS) is 15.7. The van der Waals surface area contributed by atoms with Crippen LogP contribution in [-0.2, 0) is 11.2 Å². The van der Waals surface area contributed by atoms with Gasteiger partial charge >= 0.3 is 5.97 Å². The van der Waals surface area contributed by atoms with E-state index < -0.39 is 5.97 Å². The Hall–Kier alpha value is -1.49. The maximum Gasteiger partial charge on any atom is 0.335 e. The second-order valence-corrected chi connectivity index (χ2v) is 6.07. The van der Waals surface area contributed by atoms with Crippen LogP contribution < -0.4 is 0 Å². The Balaban J connectivity index is 1.84. The molecule has 1 heterocycles. The zero-order chi connectivity index (χ0) is 14.4. The smallest absolute Gasteiger partial charge is 0.335 e. The molecule has 1 aliphatic rings. The van der Waals surface area contributed by atoms with Crippen molar-refractivity contribution in [1.29, 1.82) is 0 Å². The van der Waals surface area contributed by atoms with E-state index >= 15 is 0 Å². The first-order chi connectivity index (χ1) is 9.66. The van der Waals surface area contributed by atoms with Crippen LogP contribution in [0, 0.1) is 0 Å². The first-order valence-electron chi connectivity index (χ1n) is 6.84. The number of carboxylic acids is 1. The molecule has 0 saturated carbocycles. The Labute approximate surface area is 123 Å². The van der Waals surface area contributed by atoms with Gasteiger partial charge in [-0.1, -0.05) is 12.1 Å². The van der Waals surface area contributed by atoms with Crippen LogP contribution in [0.2, 0.25) is 0 Å². The van der Waals surface area contributed by atoms with Crippen molar-refractivity contribution in [3.8, 4) is 0 Å². The van der Waals surface area contributed by atoms with Crippen molar-refractivity contribution < 1.29 is 14.7 Å². The molecule has 4 nitrogen and oxygen atoms in total. The Morgan fingerprint density at radius 3 is 2.60 bits per heavy atom. The van der Waals surface area contributed by atoms with Crippen LogP contribution in [0.5, 0.6) is 0 Å². The van der Waals surface area contributed by atoms with Gasteiger partial charge in [0.25, 0.3) is 0 Å². The molecule has 1 saturated heterocycles. The summed E-state index contributed by atoms with van der Waals surface area (Å²) < 4.78 is 0. The molecule has 0 radical (unpaired) electrons. The van der Waals surface area contributed by atoms with Crippen LogP contribution in [0.15, 0.2) is 24.3 Å². The van der Waals surface area contributed by atoms with Crippen LogP contribution in [0.4, 0.5) is 0 Å². The van der Waals surface area contributed by atoms with Crippen molar-refractivity contribution in [3.05, 3.63) is 35.4 Å². The van der Waals surface area contributed by atoms with E-state index in [1.807, 2.05) is 16.7 Å². The third-order valence-electron chi connectivity index (χ3n) is 3.40. The van der Waals surface area contributed by atoms with Crippen molar-refractivity contribution in [2.24, 2.45) is 0 Å². The van der Waals surface area contributed by atoms with Crippen LogP contribution in [0.1, 0.15) is 28.8 Å². The molecular weight excluding hydrogens is 274 g/mol. The summed E-state index contributed by atoms with van der Waals surface area (Å²) in [5, 5.41) is 8.83. The predicted octanol–water partition coefficient (Wildman–Crippen LogP) is 2.28. The SMILES string of the molecule is O=C(O)c1ccc(CCC(=O)N2CCCSCC2)cc1. The lowest BCUT2D eigenvalue weighted by Gasteiger charge is -2.19.